The molecule has 10 heteroatoms. The summed E-state index contributed by atoms with van der Waals surface area (Å²) in [6, 6.07) is 12.5. The zero-order valence-electron chi connectivity index (χ0n) is 21.7. The van der Waals surface area contributed by atoms with E-state index in [1.54, 1.807) is 10.7 Å². The van der Waals surface area contributed by atoms with E-state index in [2.05, 4.69) is 49.4 Å². The molecule has 2 aliphatic heterocycles. The molecule has 0 radical (unpaired) electrons. The smallest absolute Gasteiger partial charge is 0.253 e. The quantitative estimate of drug-likeness (QED) is 0.419. The molecule has 0 bridgehead atoms. The molecule has 0 spiro atoms. The molecule has 0 aliphatic carbocycles. The lowest BCUT2D eigenvalue weighted by molar-refractivity contribution is 0.0906. The number of H-pyrrole nitrogens is 1. The van der Waals surface area contributed by atoms with Gasteiger partial charge in [-0.3, -0.25) is 9.69 Å². The lowest BCUT2D eigenvalue weighted by Gasteiger charge is -2.39. The third-order valence-corrected chi connectivity index (χ3v) is 7.69. The fourth-order valence-electron chi connectivity index (χ4n) is 5.85. The van der Waals surface area contributed by atoms with Crippen molar-refractivity contribution in [3.8, 4) is 0 Å². The average Bonchev–Trinajstić information content (AvgIpc) is 3.59. The zero-order chi connectivity index (χ0) is 26.2. The van der Waals surface area contributed by atoms with Crippen LogP contribution in [0.15, 0.2) is 47.3 Å². The number of nitrogens with one attached hydrogen (secondary N) is 1. The predicted molar refractivity (Wildman–Crippen MR) is 143 cm³/mol. The number of ether oxygens (including phenoxy) is 1. The number of fused-ring (bicyclic) bond motifs is 1. The van der Waals surface area contributed by atoms with Crippen molar-refractivity contribution in [2.45, 2.75) is 45.4 Å². The molecule has 2 fully saturated rings. The Labute approximate surface area is 220 Å². The van der Waals surface area contributed by atoms with Gasteiger partial charge in [0.25, 0.3) is 5.56 Å². The van der Waals surface area contributed by atoms with Gasteiger partial charge in [-0.1, -0.05) is 23.8 Å². The van der Waals surface area contributed by atoms with Crippen LogP contribution in [0.25, 0.3) is 10.9 Å². The second-order valence-electron chi connectivity index (χ2n) is 10.3. The van der Waals surface area contributed by atoms with Gasteiger partial charge in [0.05, 0.1) is 23.9 Å². The third kappa shape index (κ3) is 4.69. The number of aryl methyl sites for hydroxylation is 2. The number of aromatic amines is 1. The molecule has 2 aromatic heterocycles. The van der Waals surface area contributed by atoms with E-state index in [9.17, 15) is 9.18 Å². The van der Waals surface area contributed by atoms with Gasteiger partial charge in [-0.25, -0.2) is 9.07 Å². The highest BCUT2D eigenvalue weighted by molar-refractivity contribution is 5.83. The Morgan fingerprint density at radius 1 is 1.13 bits per heavy atom. The molecule has 1 N–H and O–H groups in total. The highest BCUT2D eigenvalue weighted by atomic mass is 19.1. The van der Waals surface area contributed by atoms with E-state index < -0.39 is 6.04 Å². The molecule has 0 amide bonds. The Balaban J connectivity index is 1.39. The average molecular weight is 518 g/mol. The van der Waals surface area contributed by atoms with E-state index in [0.29, 0.717) is 49.8 Å². The number of anilines is 1. The third-order valence-electron chi connectivity index (χ3n) is 7.69. The minimum Gasteiger partial charge on any atom is -0.376 e. The number of benzene rings is 2. The first kappa shape index (κ1) is 24.7. The number of tetrazole rings is 1. The fourth-order valence-corrected chi connectivity index (χ4v) is 5.85. The molecule has 9 nitrogen and oxygen atoms in total. The molecule has 4 heterocycles. The van der Waals surface area contributed by atoms with Crippen molar-refractivity contribution in [2.75, 3.05) is 37.7 Å². The summed E-state index contributed by atoms with van der Waals surface area (Å²) in [5.41, 5.74) is 4.05. The molecule has 2 atom stereocenters. The Bertz CT molecular complexity index is 1500. The molecular formula is C28H32FN7O2. The molecular weight excluding hydrogens is 485 g/mol. The number of halogens is 1. The number of piperazine rings is 1. The topological polar surface area (TPSA) is 92.2 Å². The molecule has 2 aromatic carbocycles. The first-order valence-electron chi connectivity index (χ1n) is 13.2. The Morgan fingerprint density at radius 2 is 1.95 bits per heavy atom. The summed E-state index contributed by atoms with van der Waals surface area (Å²) in [5.74, 6) is 0.392. The molecule has 0 unspecified atom stereocenters. The van der Waals surface area contributed by atoms with Crippen molar-refractivity contribution in [1.29, 1.82) is 0 Å². The molecule has 4 aromatic rings. The summed E-state index contributed by atoms with van der Waals surface area (Å²) in [7, 11) is 0. The fraction of sp³-hybridized carbons (Fsp3) is 0.429. The van der Waals surface area contributed by atoms with Crippen LogP contribution in [0.2, 0.25) is 0 Å². The van der Waals surface area contributed by atoms with Crippen LogP contribution in [-0.2, 0) is 11.3 Å². The standard InChI is InChI=1S/C28H32FN7O2/c1-18-14-19(2)25-20(15-18)16-22(28(37)30-25)26(27-31-32-33-36(27)17-21-6-5-13-38-21)35-11-9-34(10-12-35)24-8-4-3-7-23(24)29/h3-4,7-8,14-16,21,26H,5-6,9-13,17H2,1-2H3,(H,30,37)/t21-,26+/m1/s1. The van der Waals surface area contributed by atoms with E-state index in [0.717, 1.165) is 41.5 Å². The number of aromatic nitrogens is 5. The number of pyridine rings is 1. The van der Waals surface area contributed by atoms with Gasteiger partial charge in [-0.05, 0) is 72.3 Å². The normalized spacial score (nSPS) is 19.3. The summed E-state index contributed by atoms with van der Waals surface area (Å²) in [6.45, 7) is 7.82. The van der Waals surface area contributed by atoms with Crippen molar-refractivity contribution >= 4 is 16.6 Å². The Hall–Kier alpha value is -3.63. The van der Waals surface area contributed by atoms with Crippen LogP contribution in [0.4, 0.5) is 10.1 Å². The van der Waals surface area contributed by atoms with Gasteiger partial charge < -0.3 is 14.6 Å². The molecule has 198 valence electrons. The SMILES string of the molecule is Cc1cc(C)c2[nH]c(=O)c([C@@H](c3nnnn3C[C@H]3CCCO3)N3CCN(c4ccccc4F)CC3)cc2c1. The lowest BCUT2D eigenvalue weighted by Crippen LogP contribution is -2.49. The minimum atomic E-state index is -0.455. The second-order valence-corrected chi connectivity index (χ2v) is 10.3. The number of nitrogens with zero attached hydrogens (tertiary/aromatic N) is 6. The number of hydrogen-bond donors (Lipinski definition) is 1. The number of rotatable bonds is 6. The summed E-state index contributed by atoms with van der Waals surface area (Å²) < 4.78 is 22.1. The highest BCUT2D eigenvalue weighted by Gasteiger charge is 2.34. The first-order valence-corrected chi connectivity index (χ1v) is 13.2. The van der Waals surface area contributed by atoms with E-state index in [1.807, 2.05) is 25.1 Å². The maximum absolute atomic E-state index is 14.5. The minimum absolute atomic E-state index is 0.0518. The second kappa shape index (κ2) is 10.3. The maximum Gasteiger partial charge on any atom is 0.253 e. The van der Waals surface area contributed by atoms with E-state index in [1.165, 1.54) is 6.07 Å². The van der Waals surface area contributed by atoms with Crippen molar-refractivity contribution < 1.29 is 9.13 Å². The molecule has 38 heavy (non-hydrogen) atoms. The molecule has 2 aliphatic rings. The monoisotopic (exact) mass is 517 g/mol. The van der Waals surface area contributed by atoms with E-state index in [4.69, 9.17) is 4.74 Å². The van der Waals surface area contributed by atoms with Gasteiger partial charge in [0, 0.05) is 38.3 Å². The predicted octanol–water partition coefficient (Wildman–Crippen LogP) is 3.36. The van der Waals surface area contributed by atoms with Gasteiger partial charge in [0.1, 0.15) is 11.9 Å². The lowest BCUT2D eigenvalue weighted by atomic mass is 10.00. The zero-order valence-corrected chi connectivity index (χ0v) is 21.7. The van der Waals surface area contributed by atoms with Crippen LogP contribution in [0, 0.1) is 19.7 Å². The molecule has 2 saturated heterocycles. The van der Waals surface area contributed by atoms with Crippen molar-refractivity contribution in [3.05, 3.63) is 81.2 Å². The van der Waals surface area contributed by atoms with Gasteiger partial charge in [0.15, 0.2) is 5.82 Å². The van der Waals surface area contributed by atoms with E-state index >= 15 is 0 Å². The van der Waals surface area contributed by atoms with Crippen molar-refractivity contribution in [2.24, 2.45) is 0 Å². The van der Waals surface area contributed by atoms with Gasteiger partial charge in [-0.15, -0.1) is 5.10 Å². The first-order chi connectivity index (χ1) is 18.5. The largest absolute Gasteiger partial charge is 0.376 e. The van der Waals surface area contributed by atoms with Crippen LogP contribution < -0.4 is 10.5 Å². The summed E-state index contributed by atoms with van der Waals surface area (Å²) in [5, 5.41) is 13.7. The Kier molecular flexibility index (Phi) is 6.67. The van der Waals surface area contributed by atoms with E-state index in [-0.39, 0.29) is 17.5 Å². The van der Waals surface area contributed by atoms with Crippen molar-refractivity contribution in [1.82, 2.24) is 30.1 Å². The van der Waals surface area contributed by atoms with Gasteiger partial charge in [-0.2, -0.15) is 0 Å². The van der Waals surface area contributed by atoms with Crippen LogP contribution in [0.3, 0.4) is 0 Å². The van der Waals surface area contributed by atoms with Gasteiger partial charge >= 0.3 is 0 Å². The van der Waals surface area contributed by atoms with Crippen molar-refractivity contribution in [3.63, 3.8) is 0 Å². The molecule has 0 saturated carbocycles. The number of para-hydroxylation sites is 1. The highest BCUT2D eigenvalue weighted by Crippen LogP contribution is 2.30. The van der Waals surface area contributed by atoms with Crippen LogP contribution in [0.5, 0.6) is 0 Å². The Morgan fingerprint density at radius 3 is 2.71 bits per heavy atom. The van der Waals surface area contributed by atoms with Crippen LogP contribution in [0.1, 0.15) is 41.4 Å². The summed E-state index contributed by atoms with van der Waals surface area (Å²) in [4.78, 5) is 21.0. The summed E-state index contributed by atoms with van der Waals surface area (Å²) in [6.07, 6.45) is 2.03. The van der Waals surface area contributed by atoms with Crippen LogP contribution in [-0.4, -0.2) is 69.0 Å². The maximum atomic E-state index is 14.5. The van der Waals surface area contributed by atoms with Gasteiger partial charge in [0.2, 0.25) is 0 Å². The molecule has 6 rings (SSSR count). The van der Waals surface area contributed by atoms with Crippen LogP contribution >= 0.6 is 0 Å². The summed E-state index contributed by atoms with van der Waals surface area (Å²) >= 11 is 0. The number of hydrogen-bond acceptors (Lipinski definition) is 7.